The summed E-state index contributed by atoms with van der Waals surface area (Å²) in [5.74, 6) is -0.217. The third-order valence-electron chi connectivity index (χ3n) is 2.05. The Kier molecular flexibility index (Phi) is 5.04. The Morgan fingerprint density at radius 1 is 1.67 bits per heavy atom. The van der Waals surface area contributed by atoms with E-state index in [1.54, 1.807) is 25.9 Å². The molecule has 0 saturated carbocycles. The number of hydrazone groups is 1. The molecule has 7 heteroatoms. The lowest BCUT2D eigenvalue weighted by Crippen LogP contribution is -2.28. The topological polar surface area (TPSA) is 74.6 Å². The zero-order chi connectivity index (χ0) is 13.5. The molecule has 7 nitrogen and oxygen atoms in total. The van der Waals surface area contributed by atoms with Gasteiger partial charge in [-0.25, -0.2) is 9.80 Å². The Balaban J connectivity index is 2.84. The van der Waals surface area contributed by atoms with Crippen LogP contribution in [0.2, 0.25) is 0 Å². The minimum atomic E-state index is -0.460. The van der Waals surface area contributed by atoms with E-state index in [0.717, 1.165) is 0 Å². The molecule has 18 heavy (non-hydrogen) atoms. The third kappa shape index (κ3) is 3.69. The number of aliphatic imine (C=N–C) groups is 1. The molecule has 0 fully saturated rings. The highest BCUT2D eigenvalue weighted by Gasteiger charge is 2.14. The first-order valence-electron chi connectivity index (χ1n) is 5.45. The molecular weight excluding hydrogens is 236 g/mol. The standard InChI is InChI=1S/C11H16N4O3/c1-4-18-11(17)9-5-12-8-15(6-9)13-10(7-16)14(2)3/h5-7H,4,8H2,1-3H3/b13-10-. The SMILES string of the molecule is CCOC(=O)C1=CN(/N=C(/C=O)N(C)C)CN=C1. The van der Waals surface area contributed by atoms with Crippen molar-refractivity contribution in [3.05, 3.63) is 11.8 Å². The Bertz CT molecular complexity index is 413. The Morgan fingerprint density at radius 2 is 2.39 bits per heavy atom. The molecule has 0 aromatic rings. The van der Waals surface area contributed by atoms with Gasteiger partial charge in [0.2, 0.25) is 0 Å². The predicted molar refractivity (Wildman–Crippen MR) is 67.1 cm³/mol. The normalized spacial score (nSPS) is 15.2. The molecule has 0 spiro atoms. The highest BCUT2D eigenvalue weighted by Crippen LogP contribution is 2.06. The van der Waals surface area contributed by atoms with Gasteiger partial charge in [0, 0.05) is 26.5 Å². The van der Waals surface area contributed by atoms with Crippen molar-refractivity contribution in [2.24, 2.45) is 10.1 Å². The molecule has 0 aromatic carbocycles. The van der Waals surface area contributed by atoms with Gasteiger partial charge in [-0.05, 0) is 6.92 Å². The van der Waals surface area contributed by atoms with Crippen molar-refractivity contribution in [1.82, 2.24) is 9.91 Å². The smallest absolute Gasteiger partial charge is 0.341 e. The number of esters is 1. The molecule has 98 valence electrons. The Hall–Kier alpha value is -2.18. The van der Waals surface area contributed by atoms with Crippen LogP contribution >= 0.6 is 0 Å². The summed E-state index contributed by atoms with van der Waals surface area (Å²) < 4.78 is 4.85. The van der Waals surface area contributed by atoms with Crippen LogP contribution in [0.5, 0.6) is 0 Å². The molecule has 0 aromatic heterocycles. The van der Waals surface area contributed by atoms with Crippen LogP contribution in [-0.4, -0.2) is 61.6 Å². The fourth-order valence-corrected chi connectivity index (χ4v) is 1.19. The number of carbonyl (C=O) groups is 2. The van der Waals surface area contributed by atoms with Gasteiger partial charge in [0.15, 0.2) is 12.1 Å². The van der Waals surface area contributed by atoms with Gasteiger partial charge in [0.05, 0.1) is 12.2 Å². The summed E-state index contributed by atoms with van der Waals surface area (Å²) in [4.78, 5) is 27.8. The van der Waals surface area contributed by atoms with Crippen LogP contribution in [0.15, 0.2) is 21.9 Å². The van der Waals surface area contributed by atoms with Crippen LogP contribution in [0.3, 0.4) is 0 Å². The molecule has 1 rings (SSSR count). The van der Waals surface area contributed by atoms with Crippen molar-refractivity contribution in [1.29, 1.82) is 0 Å². The summed E-state index contributed by atoms with van der Waals surface area (Å²) in [6.45, 7) is 2.28. The van der Waals surface area contributed by atoms with E-state index in [0.29, 0.717) is 18.5 Å². The maximum atomic E-state index is 11.5. The van der Waals surface area contributed by atoms with E-state index in [1.807, 2.05) is 0 Å². The number of ether oxygens (including phenoxy) is 1. The molecule has 0 N–H and O–H groups in total. The zero-order valence-corrected chi connectivity index (χ0v) is 10.7. The van der Waals surface area contributed by atoms with Gasteiger partial charge in [0.1, 0.15) is 6.67 Å². The average Bonchev–Trinajstić information content (AvgIpc) is 2.36. The number of carbonyl (C=O) groups excluding carboxylic acids is 2. The van der Waals surface area contributed by atoms with E-state index in [2.05, 4.69) is 10.1 Å². The lowest BCUT2D eigenvalue weighted by molar-refractivity contribution is -0.137. The van der Waals surface area contributed by atoms with Crippen LogP contribution in [0.25, 0.3) is 0 Å². The average molecular weight is 252 g/mol. The van der Waals surface area contributed by atoms with E-state index < -0.39 is 5.97 Å². The first-order valence-corrected chi connectivity index (χ1v) is 5.45. The first-order chi connectivity index (χ1) is 8.58. The van der Waals surface area contributed by atoms with Crippen LogP contribution < -0.4 is 0 Å². The minimum Gasteiger partial charge on any atom is -0.462 e. The van der Waals surface area contributed by atoms with E-state index in [-0.39, 0.29) is 12.5 Å². The fraction of sp³-hybridized carbons (Fsp3) is 0.455. The molecule has 0 atom stereocenters. The minimum absolute atomic E-state index is 0.242. The number of rotatable bonds is 4. The molecule has 0 radical (unpaired) electrons. The highest BCUT2D eigenvalue weighted by atomic mass is 16.5. The Morgan fingerprint density at radius 3 is 2.94 bits per heavy atom. The Labute approximate surface area is 105 Å². The second kappa shape index (κ2) is 6.53. The molecule has 1 aliphatic heterocycles. The van der Waals surface area contributed by atoms with Gasteiger partial charge in [-0.1, -0.05) is 0 Å². The van der Waals surface area contributed by atoms with Crippen molar-refractivity contribution in [2.75, 3.05) is 27.4 Å². The maximum absolute atomic E-state index is 11.5. The summed E-state index contributed by atoms with van der Waals surface area (Å²) in [5.41, 5.74) is 0.302. The summed E-state index contributed by atoms with van der Waals surface area (Å²) in [7, 11) is 3.41. The molecule has 0 saturated heterocycles. The number of hydrogen-bond donors (Lipinski definition) is 0. The molecule has 1 aliphatic rings. The van der Waals surface area contributed by atoms with E-state index in [9.17, 15) is 9.59 Å². The number of amidine groups is 1. The van der Waals surface area contributed by atoms with E-state index in [1.165, 1.54) is 17.4 Å². The molecule has 0 unspecified atom stereocenters. The summed E-state index contributed by atoms with van der Waals surface area (Å²) >= 11 is 0. The summed E-state index contributed by atoms with van der Waals surface area (Å²) in [6, 6.07) is 0. The van der Waals surface area contributed by atoms with Crippen molar-refractivity contribution >= 4 is 24.3 Å². The van der Waals surface area contributed by atoms with Crippen LogP contribution in [0.4, 0.5) is 0 Å². The van der Waals surface area contributed by atoms with Gasteiger partial charge in [-0.3, -0.25) is 9.79 Å². The van der Waals surface area contributed by atoms with Crippen LogP contribution in [0.1, 0.15) is 6.92 Å². The summed E-state index contributed by atoms with van der Waals surface area (Å²) in [5, 5.41) is 5.47. The third-order valence-corrected chi connectivity index (χ3v) is 2.05. The largest absolute Gasteiger partial charge is 0.462 e. The number of likely N-dealkylation sites (N-methyl/N-ethyl adjacent to an activating group) is 1. The predicted octanol–water partition coefficient (Wildman–Crippen LogP) is -0.149. The number of nitrogens with zero attached hydrogens (tertiary/aromatic N) is 4. The molecule has 1 heterocycles. The second-order valence-corrected chi connectivity index (χ2v) is 3.67. The van der Waals surface area contributed by atoms with Crippen molar-refractivity contribution < 1.29 is 14.3 Å². The van der Waals surface area contributed by atoms with E-state index >= 15 is 0 Å². The van der Waals surface area contributed by atoms with Gasteiger partial charge in [-0.15, -0.1) is 5.10 Å². The number of aldehydes is 1. The van der Waals surface area contributed by atoms with Crippen LogP contribution in [-0.2, 0) is 14.3 Å². The highest BCUT2D eigenvalue weighted by molar-refractivity contribution is 6.26. The van der Waals surface area contributed by atoms with E-state index in [4.69, 9.17) is 4.74 Å². The summed E-state index contributed by atoms with van der Waals surface area (Å²) in [6.07, 6.45) is 3.56. The van der Waals surface area contributed by atoms with Crippen molar-refractivity contribution in [3.8, 4) is 0 Å². The molecule has 0 aliphatic carbocycles. The van der Waals surface area contributed by atoms with Crippen molar-refractivity contribution in [3.63, 3.8) is 0 Å². The van der Waals surface area contributed by atoms with Crippen molar-refractivity contribution in [2.45, 2.75) is 6.92 Å². The molecule has 0 bridgehead atoms. The first kappa shape index (κ1) is 13.9. The number of hydrogen-bond acceptors (Lipinski definition) is 6. The second-order valence-electron chi connectivity index (χ2n) is 3.67. The lowest BCUT2D eigenvalue weighted by atomic mass is 10.3. The van der Waals surface area contributed by atoms with Crippen LogP contribution in [0, 0.1) is 0 Å². The molecular formula is C11H16N4O3. The molecule has 0 amide bonds. The van der Waals surface area contributed by atoms with Gasteiger partial charge in [-0.2, -0.15) is 0 Å². The van der Waals surface area contributed by atoms with Gasteiger partial charge in [0.25, 0.3) is 0 Å². The quantitative estimate of drug-likeness (QED) is 0.301. The van der Waals surface area contributed by atoms with Gasteiger partial charge >= 0.3 is 5.97 Å². The zero-order valence-electron chi connectivity index (χ0n) is 10.7. The van der Waals surface area contributed by atoms with Gasteiger partial charge < -0.3 is 9.64 Å². The maximum Gasteiger partial charge on any atom is 0.341 e. The lowest BCUT2D eigenvalue weighted by Gasteiger charge is -2.19. The monoisotopic (exact) mass is 252 g/mol. The fourth-order valence-electron chi connectivity index (χ4n) is 1.19.